The van der Waals surface area contributed by atoms with E-state index in [-0.39, 0.29) is 5.78 Å². The average Bonchev–Trinajstić information content (AvgIpc) is 2.54. The molecule has 102 valence electrons. The fraction of sp³-hybridized carbons (Fsp3) is 0.0588. The molecule has 4 rings (SSSR count). The largest absolute Gasteiger partial charge is 0.479 e. The van der Waals surface area contributed by atoms with E-state index in [9.17, 15) is 4.79 Å². The molecule has 1 aliphatic carbocycles. The van der Waals surface area contributed by atoms with E-state index < -0.39 is 0 Å². The van der Waals surface area contributed by atoms with Crippen LogP contribution in [0.25, 0.3) is 22.0 Å². The minimum absolute atomic E-state index is 0.00932. The minimum Gasteiger partial charge on any atom is -0.479 e. The zero-order chi connectivity index (χ0) is 14.6. The lowest BCUT2D eigenvalue weighted by molar-refractivity contribution is 0.104. The van der Waals surface area contributed by atoms with Gasteiger partial charge in [0.1, 0.15) is 5.69 Å². The number of hydrogen-bond donors (Lipinski definition) is 1. The van der Waals surface area contributed by atoms with E-state index >= 15 is 0 Å². The van der Waals surface area contributed by atoms with Crippen molar-refractivity contribution in [3.05, 3.63) is 53.6 Å². The molecule has 4 heteroatoms. The van der Waals surface area contributed by atoms with Gasteiger partial charge in [0.15, 0.2) is 5.78 Å². The second kappa shape index (κ2) is 4.06. The summed E-state index contributed by atoms with van der Waals surface area (Å²) in [4.78, 5) is 17.2. The summed E-state index contributed by atoms with van der Waals surface area (Å²) >= 11 is 0. The summed E-state index contributed by atoms with van der Waals surface area (Å²) in [7, 11) is 1.54. The second-order valence-electron chi connectivity index (χ2n) is 4.99. The molecule has 1 aromatic heterocycles. The Hall–Kier alpha value is -2.88. The molecule has 0 atom stereocenters. The number of nitrogen functional groups attached to an aromatic ring is 1. The molecule has 1 aliphatic rings. The minimum atomic E-state index is 0.00932. The summed E-state index contributed by atoms with van der Waals surface area (Å²) in [6.07, 6.45) is 0. The highest BCUT2D eigenvalue weighted by Crippen LogP contribution is 2.42. The van der Waals surface area contributed by atoms with Crippen LogP contribution in [0, 0.1) is 0 Å². The molecule has 21 heavy (non-hydrogen) atoms. The molecular weight excluding hydrogens is 264 g/mol. The Morgan fingerprint density at radius 1 is 1.00 bits per heavy atom. The fourth-order valence-corrected chi connectivity index (χ4v) is 2.94. The van der Waals surface area contributed by atoms with Gasteiger partial charge in [0.2, 0.25) is 5.88 Å². The zero-order valence-corrected chi connectivity index (χ0v) is 11.4. The quantitative estimate of drug-likeness (QED) is 0.580. The maximum atomic E-state index is 12.7. The lowest BCUT2D eigenvalue weighted by Gasteiger charge is -2.20. The number of hydrogen-bond acceptors (Lipinski definition) is 4. The first kappa shape index (κ1) is 11.9. The van der Waals surface area contributed by atoms with E-state index in [4.69, 9.17) is 10.5 Å². The molecule has 2 aromatic carbocycles. The molecule has 4 nitrogen and oxygen atoms in total. The van der Waals surface area contributed by atoms with Crippen molar-refractivity contribution in [1.29, 1.82) is 0 Å². The van der Waals surface area contributed by atoms with Crippen molar-refractivity contribution in [2.75, 3.05) is 12.8 Å². The van der Waals surface area contributed by atoms with Gasteiger partial charge in [-0.05, 0) is 0 Å². The maximum Gasteiger partial charge on any atom is 0.238 e. The molecule has 0 saturated carbocycles. The van der Waals surface area contributed by atoms with Crippen molar-refractivity contribution in [2.24, 2.45) is 0 Å². The van der Waals surface area contributed by atoms with Crippen LogP contribution < -0.4 is 10.5 Å². The predicted molar refractivity (Wildman–Crippen MR) is 81.6 cm³/mol. The van der Waals surface area contributed by atoms with Gasteiger partial charge in [0, 0.05) is 27.5 Å². The Morgan fingerprint density at radius 2 is 1.71 bits per heavy atom. The van der Waals surface area contributed by atoms with Crippen molar-refractivity contribution < 1.29 is 9.53 Å². The van der Waals surface area contributed by atoms with Gasteiger partial charge in [-0.2, -0.15) is 0 Å². The van der Waals surface area contributed by atoms with Gasteiger partial charge in [-0.25, -0.2) is 4.98 Å². The van der Waals surface area contributed by atoms with Crippen LogP contribution in [0.1, 0.15) is 15.9 Å². The van der Waals surface area contributed by atoms with Crippen LogP contribution in [0.2, 0.25) is 0 Å². The standard InChI is InChI=1S/C17H12N2O2/c1-21-17-14(18)11-7-4-8-12-13(11)15(19-17)9-5-2-3-6-10(9)16(12)20/h2-8H,18H2,1H3. The number of fused-ring (bicyclic) bond motifs is 2. The summed E-state index contributed by atoms with van der Waals surface area (Å²) in [5.41, 5.74) is 9.46. The molecule has 2 N–H and O–H groups in total. The van der Waals surface area contributed by atoms with Crippen LogP contribution in [-0.2, 0) is 0 Å². The summed E-state index contributed by atoms with van der Waals surface area (Å²) in [6.45, 7) is 0. The van der Waals surface area contributed by atoms with Crippen LogP contribution in [0.4, 0.5) is 5.69 Å². The van der Waals surface area contributed by atoms with E-state index in [0.717, 1.165) is 22.0 Å². The topological polar surface area (TPSA) is 65.2 Å². The van der Waals surface area contributed by atoms with E-state index in [1.807, 2.05) is 42.5 Å². The van der Waals surface area contributed by atoms with Gasteiger partial charge >= 0.3 is 0 Å². The van der Waals surface area contributed by atoms with Crippen molar-refractivity contribution in [1.82, 2.24) is 4.98 Å². The molecule has 0 bridgehead atoms. The number of pyridine rings is 1. The maximum absolute atomic E-state index is 12.7. The Kier molecular flexibility index (Phi) is 2.30. The normalized spacial score (nSPS) is 12.3. The molecule has 0 fully saturated rings. The average molecular weight is 276 g/mol. The summed E-state index contributed by atoms with van der Waals surface area (Å²) in [6, 6.07) is 13.0. The number of carbonyl (C=O) groups excluding carboxylic acids is 1. The van der Waals surface area contributed by atoms with E-state index in [1.165, 1.54) is 0 Å². The second-order valence-corrected chi connectivity index (χ2v) is 4.99. The first-order valence-corrected chi connectivity index (χ1v) is 6.62. The molecule has 0 amide bonds. The van der Waals surface area contributed by atoms with Gasteiger partial charge < -0.3 is 10.5 Å². The van der Waals surface area contributed by atoms with Crippen molar-refractivity contribution in [2.45, 2.75) is 0 Å². The third-order valence-corrected chi connectivity index (χ3v) is 3.90. The number of nitrogens with two attached hydrogens (primary N) is 1. The van der Waals surface area contributed by atoms with Crippen molar-refractivity contribution in [3.8, 4) is 17.1 Å². The number of rotatable bonds is 1. The Morgan fingerprint density at radius 3 is 2.48 bits per heavy atom. The monoisotopic (exact) mass is 276 g/mol. The molecular formula is C17H12N2O2. The van der Waals surface area contributed by atoms with E-state index in [2.05, 4.69) is 4.98 Å². The van der Waals surface area contributed by atoms with Crippen LogP contribution in [0.3, 0.4) is 0 Å². The molecule has 0 unspecified atom stereocenters. The zero-order valence-electron chi connectivity index (χ0n) is 11.4. The highest BCUT2D eigenvalue weighted by atomic mass is 16.5. The van der Waals surface area contributed by atoms with Crippen LogP contribution >= 0.6 is 0 Å². The Bertz CT molecular complexity index is 916. The van der Waals surface area contributed by atoms with E-state index in [1.54, 1.807) is 7.11 Å². The molecule has 1 heterocycles. The Labute approximate surface area is 121 Å². The number of ketones is 1. The molecule has 0 aliphatic heterocycles. The Balaban J connectivity index is 2.26. The number of methoxy groups -OCH3 is 1. The first-order valence-electron chi connectivity index (χ1n) is 6.62. The van der Waals surface area contributed by atoms with Gasteiger partial charge in [-0.3, -0.25) is 4.79 Å². The van der Waals surface area contributed by atoms with Crippen LogP contribution in [0.15, 0.2) is 42.5 Å². The van der Waals surface area contributed by atoms with Gasteiger partial charge in [0.05, 0.1) is 12.8 Å². The van der Waals surface area contributed by atoms with Gasteiger partial charge in [-0.1, -0.05) is 42.5 Å². The van der Waals surface area contributed by atoms with E-state index in [0.29, 0.717) is 22.7 Å². The number of benzene rings is 2. The van der Waals surface area contributed by atoms with Crippen molar-refractivity contribution in [3.63, 3.8) is 0 Å². The number of ether oxygens (including phenoxy) is 1. The predicted octanol–water partition coefficient (Wildman–Crippen LogP) is 3.04. The third kappa shape index (κ3) is 1.44. The number of anilines is 1. The molecule has 3 aromatic rings. The summed E-state index contributed by atoms with van der Waals surface area (Å²) in [5, 5.41) is 1.61. The van der Waals surface area contributed by atoms with Crippen LogP contribution in [-0.4, -0.2) is 17.9 Å². The summed E-state index contributed by atoms with van der Waals surface area (Å²) < 4.78 is 5.28. The lowest BCUT2D eigenvalue weighted by atomic mass is 9.85. The fourth-order valence-electron chi connectivity index (χ4n) is 2.94. The van der Waals surface area contributed by atoms with Crippen molar-refractivity contribution >= 4 is 22.2 Å². The number of nitrogens with zero attached hydrogens (tertiary/aromatic N) is 1. The lowest BCUT2D eigenvalue weighted by Crippen LogP contribution is -2.12. The molecule has 0 saturated heterocycles. The highest BCUT2D eigenvalue weighted by Gasteiger charge is 2.27. The summed E-state index contributed by atoms with van der Waals surface area (Å²) in [5.74, 6) is 0.397. The first-order chi connectivity index (χ1) is 10.2. The SMILES string of the molecule is COc1nc2c3c(cccc3c1N)C(=O)c1ccccc1-2. The molecule has 0 spiro atoms. The third-order valence-electron chi connectivity index (χ3n) is 3.90. The van der Waals surface area contributed by atoms with Gasteiger partial charge in [-0.15, -0.1) is 0 Å². The molecule has 0 radical (unpaired) electrons. The van der Waals surface area contributed by atoms with Gasteiger partial charge in [0.25, 0.3) is 0 Å². The smallest absolute Gasteiger partial charge is 0.238 e. The highest BCUT2D eigenvalue weighted by molar-refractivity contribution is 6.26. The van der Waals surface area contributed by atoms with Crippen LogP contribution in [0.5, 0.6) is 5.88 Å². The number of aromatic nitrogens is 1. The number of carbonyl (C=O) groups is 1.